The highest BCUT2D eigenvalue weighted by atomic mass is 16.4. The van der Waals surface area contributed by atoms with Gasteiger partial charge in [-0.25, -0.2) is 0 Å². The Morgan fingerprint density at radius 2 is 1.31 bits per heavy atom. The van der Waals surface area contributed by atoms with Crippen LogP contribution in [0.25, 0.3) is 0 Å². The summed E-state index contributed by atoms with van der Waals surface area (Å²) in [5.74, 6) is -1.22. The van der Waals surface area contributed by atoms with Gasteiger partial charge in [0.05, 0.1) is 10.8 Å². The summed E-state index contributed by atoms with van der Waals surface area (Å²) in [5, 5.41) is 18.6. The van der Waals surface area contributed by atoms with Gasteiger partial charge in [0.1, 0.15) is 0 Å². The summed E-state index contributed by atoms with van der Waals surface area (Å²) >= 11 is 0. The van der Waals surface area contributed by atoms with E-state index in [4.69, 9.17) is 0 Å². The Kier molecular flexibility index (Phi) is 6.70. The molecule has 2 aliphatic carbocycles. The number of aryl methyl sites for hydroxylation is 3. The SMILES string of the molecule is Cc1cc(C)c(CCCCCC2(C(=O)O)CC2)c(CCCCC2(C(=O)O)CC2)c1. The fourth-order valence-corrected chi connectivity index (χ4v) is 4.83. The van der Waals surface area contributed by atoms with E-state index in [-0.39, 0.29) is 5.41 Å². The van der Waals surface area contributed by atoms with Crippen molar-refractivity contribution in [3.05, 3.63) is 34.4 Å². The van der Waals surface area contributed by atoms with Gasteiger partial charge in [0.25, 0.3) is 0 Å². The second-order valence-electron chi connectivity index (χ2n) is 9.66. The molecule has 2 aliphatic rings. The molecule has 0 heterocycles. The van der Waals surface area contributed by atoms with Gasteiger partial charge in [-0.15, -0.1) is 0 Å². The van der Waals surface area contributed by atoms with Gasteiger partial charge in [0.2, 0.25) is 0 Å². The molecule has 2 fully saturated rings. The molecule has 4 nitrogen and oxygen atoms in total. The van der Waals surface area contributed by atoms with Gasteiger partial charge in [-0.1, -0.05) is 37.0 Å². The number of carboxylic acids is 2. The Morgan fingerprint density at radius 3 is 1.83 bits per heavy atom. The summed E-state index contributed by atoms with van der Waals surface area (Å²) in [6.45, 7) is 4.34. The van der Waals surface area contributed by atoms with E-state index in [9.17, 15) is 19.8 Å². The van der Waals surface area contributed by atoms with E-state index in [1.165, 1.54) is 22.3 Å². The van der Waals surface area contributed by atoms with Crippen LogP contribution in [-0.4, -0.2) is 22.2 Å². The highest BCUT2D eigenvalue weighted by Gasteiger charge is 2.49. The van der Waals surface area contributed by atoms with E-state index in [0.717, 1.165) is 83.5 Å². The molecule has 2 N–H and O–H groups in total. The molecule has 0 radical (unpaired) electrons. The first-order chi connectivity index (χ1) is 13.8. The van der Waals surface area contributed by atoms with E-state index >= 15 is 0 Å². The lowest BCUT2D eigenvalue weighted by Gasteiger charge is -2.16. The number of carboxylic acid groups (broad SMARTS) is 2. The summed E-state index contributed by atoms with van der Waals surface area (Å²) in [7, 11) is 0. The lowest BCUT2D eigenvalue weighted by Crippen LogP contribution is -2.14. The average molecular weight is 401 g/mol. The minimum atomic E-state index is -0.611. The topological polar surface area (TPSA) is 74.6 Å². The molecule has 2 saturated carbocycles. The third-order valence-electron chi connectivity index (χ3n) is 7.26. The van der Waals surface area contributed by atoms with Gasteiger partial charge in [-0.05, 0) is 94.7 Å². The van der Waals surface area contributed by atoms with Crippen molar-refractivity contribution in [2.24, 2.45) is 10.8 Å². The van der Waals surface area contributed by atoms with Crippen LogP contribution in [0.15, 0.2) is 12.1 Å². The van der Waals surface area contributed by atoms with Crippen LogP contribution in [0.2, 0.25) is 0 Å². The molecule has 0 atom stereocenters. The molecule has 0 saturated heterocycles. The molecule has 1 aromatic carbocycles. The molecule has 0 aromatic heterocycles. The van der Waals surface area contributed by atoms with E-state index in [1.807, 2.05) is 0 Å². The van der Waals surface area contributed by atoms with Gasteiger partial charge in [-0.3, -0.25) is 9.59 Å². The third kappa shape index (κ3) is 5.40. The Balaban J connectivity index is 1.46. The molecule has 29 heavy (non-hydrogen) atoms. The van der Waals surface area contributed by atoms with Crippen LogP contribution >= 0.6 is 0 Å². The predicted octanol–water partition coefficient (Wildman–Crippen LogP) is 5.85. The van der Waals surface area contributed by atoms with Gasteiger partial charge < -0.3 is 10.2 Å². The van der Waals surface area contributed by atoms with Crippen LogP contribution in [0.1, 0.15) is 92.9 Å². The lowest BCUT2D eigenvalue weighted by atomic mass is 9.90. The zero-order chi connectivity index (χ0) is 21.1. The van der Waals surface area contributed by atoms with Crippen molar-refractivity contribution in [2.45, 2.75) is 97.3 Å². The second kappa shape index (κ2) is 8.89. The second-order valence-corrected chi connectivity index (χ2v) is 9.66. The van der Waals surface area contributed by atoms with Crippen molar-refractivity contribution in [1.29, 1.82) is 0 Å². The quantitative estimate of drug-likeness (QED) is 0.407. The van der Waals surface area contributed by atoms with Crippen LogP contribution in [0, 0.1) is 24.7 Å². The Bertz CT molecular complexity index is 756. The molecule has 1 aromatic rings. The summed E-state index contributed by atoms with van der Waals surface area (Å²) in [5.41, 5.74) is 4.73. The van der Waals surface area contributed by atoms with Crippen molar-refractivity contribution in [2.75, 3.05) is 0 Å². The first kappa shape index (κ1) is 21.9. The number of benzene rings is 1. The van der Waals surface area contributed by atoms with Crippen molar-refractivity contribution >= 4 is 11.9 Å². The summed E-state index contributed by atoms with van der Waals surface area (Å²) in [6, 6.07) is 4.56. The lowest BCUT2D eigenvalue weighted by molar-refractivity contribution is -0.144. The van der Waals surface area contributed by atoms with Crippen LogP contribution in [-0.2, 0) is 22.4 Å². The molecule has 160 valence electrons. The molecule has 0 aliphatic heterocycles. The zero-order valence-corrected chi connectivity index (χ0v) is 18.1. The third-order valence-corrected chi connectivity index (χ3v) is 7.26. The van der Waals surface area contributed by atoms with Gasteiger partial charge >= 0.3 is 11.9 Å². The molecular formula is C25H36O4. The Morgan fingerprint density at radius 1 is 0.793 bits per heavy atom. The molecule has 0 amide bonds. The maximum absolute atomic E-state index is 11.3. The van der Waals surface area contributed by atoms with Crippen molar-refractivity contribution in [3.8, 4) is 0 Å². The van der Waals surface area contributed by atoms with Crippen LogP contribution in [0.5, 0.6) is 0 Å². The van der Waals surface area contributed by atoms with Crippen molar-refractivity contribution in [3.63, 3.8) is 0 Å². The van der Waals surface area contributed by atoms with E-state index in [1.54, 1.807) is 0 Å². The largest absolute Gasteiger partial charge is 0.481 e. The maximum Gasteiger partial charge on any atom is 0.309 e. The molecule has 4 heteroatoms. The highest BCUT2D eigenvalue weighted by molar-refractivity contribution is 5.78. The first-order valence-electron chi connectivity index (χ1n) is 11.3. The minimum Gasteiger partial charge on any atom is -0.481 e. The molecular weight excluding hydrogens is 364 g/mol. The van der Waals surface area contributed by atoms with Crippen LogP contribution in [0.4, 0.5) is 0 Å². The summed E-state index contributed by atoms with van der Waals surface area (Å²) in [6.07, 6.45) is 12.3. The smallest absolute Gasteiger partial charge is 0.309 e. The average Bonchev–Trinajstić information content (AvgIpc) is 3.55. The number of unbranched alkanes of at least 4 members (excludes halogenated alkanes) is 3. The first-order valence-corrected chi connectivity index (χ1v) is 11.3. The van der Waals surface area contributed by atoms with Crippen molar-refractivity contribution < 1.29 is 19.8 Å². The minimum absolute atomic E-state index is 0.389. The highest BCUT2D eigenvalue weighted by Crippen LogP contribution is 2.50. The predicted molar refractivity (Wildman–Crippen MR) is 114 cm³/mol. The maximum atomic E-state index is 11.3. The van der Waals surface area contributed by atoms with Gasteiger partial charge in [-0.2, -0.15) is 0 Å². The number of aliphatic carboxylic acids is 2. The van der Waals surface area contributed by atoms with E-state index in [2.05, 4.69) is 26.0 Å². The van der Waals surface area contributed by atoms with E-state index < -0.39 is 17.4 Å². The standard InChI is InChI=1S/C25H36O4/c1-18-16-19(2)21(9-4-3-6-10-24(12-13-24)22(26)27)20(17-18)8-5-7-11-25(14-15-25)23(28)29/h16-17H,3-15H2,1-2H3,(H,26,27)(H,28,29). The fraction of sp³-hybridized carbons (Fsp3) is 0.680. The van der Waals surface area contributed by atoms with Crippen molar-refractivity contribution in [1.82, 2.24) is 0 Å². The normalized spacial score (nSPS) is 18.4. The Labute approximate surface area is 174 Å². The van der Waals surface area contributed by atoms with E-state index in [0.29, 0.717) is 0 Å². The molecule has 0 spiro atoms. The van der Waals surface area contributed by atoms with Crippen LogP contribution < -0.4 is 0 Å². The molecule has 3 rings (SSSR count). The molecule has 0 bridgehead atoms. The summed E-state index contributed by atoms with van der Waals surface area (Å²) < 4.78 is 0. The molecule has 0 unspecified atom stereocenters. The van der Waals surface area contributed by atoms with Gasteiger partial charge in [0.15, 0.2) is 0 Å². The summed E-state index contributed by atoms with van der Waals surface area (Å²) in [4.78, 5) is 22.6. The van der Waals surface area contributed by atoms with Gasteiger partial charge in [0, 0.05) is 0 Å². The fourth-order valence-electron chi connectivity index (χ4n) is 4.83. The number of rotatable bonds is 13. The zero-order valence-electron chi connectivity index (χ0n) is 18.1. The monoisotopic (exact) mass is 400 g/mol. The number of hydrogen-bond acceptors (Lipinski definition) is 2. The van der Waals surface area contributed by atoms with Crippen LogP contribution in [0.3, 0.4) is 0 Å². The Hall–Kier alpha value is -1.84. The number of carbonyl (C=O) groups is 2. The number of hydrogen-bond donors (Lipinski definition) is 2.